The summed E-state index contributed by atoms with van der Waals surface area (Å²) in [5, 5.41) is 0. The van der Waals surface area contributed by atoms with Gasteiger partial charge in [-0.05, 0) is 23.1 Å². The van der Waals surface area contributed by atoms with Crippen LogP contribution in [0, 0.1) is 0 Å². The number of rotatable bonds is 3. The molecule has 1 nitrogen and oxygen atoms in total. The van der Waals surface area contributed by atoms with Crippen LogP contribution in [0.25, 0.3) is 0 Å². The fraction of sp³-hybridized carbons (Fsp3) is 0.357. The first-order chi connectivity index (χ1) is 8.45. The van der Waals surface area contributed by atoms with Gasteiger partial charge in [0.05, 0.1) is 0 Å². The van der Waals surface area contributed by atoms with Crippen molar-refractivity contribution in [2.45, 2.75) is 36.8 Å². The van der Waals surface area contributed by atoms with Gasteiger partial charge in [0.2, 0.25) is 0 Å². The molecular formula is C14H16ClNS2. The van der Waals surface area contributed by atoms with Crippen LogP contribution in [-0.4, -0.2) is 4.98 Å². The third kappa shape index (κ3) is 3.74. The fourth-order valence-corrected chi connectivity index (χ4v) is 3.45. The molecule has 4 heteroatoms. The number of thiazole rings is 1. The molecule has 0 saturated heterocycles. The van der Waals surface area contributed by atoms with E-state index in [0.717, 1.165) is 5.75 Å². The number of benzene rings is 1. The van der Waals surface area contributed by atoms with Gasteiger partial charge in [0, 0.05) is 21.7 Å². The van der Waals surface area contributed by atoms with E-state index in [9.17, 15) is 0 Å². The summed E-state index contributed by atoms with van der Waals surface area (Å²) in [7, 11) is 0. The Balaban J connectivity index is 1.98. The van der Waals surface area contributed by atoms with Gasteiger partial charge in [0.15, 0.2) is 4.47 Å². The maximum Gasteiger partial charge on any atom is 0.183 e. The van der Waals surface area contributed by atoms with E-state index < -0.39 is 0 Å². The molecule has 1 aromatic carbocycles. The molecular weight excluding hydrogens is 282 g/mol. The Morgan fingerprint density at radius 2 is 1.89 bits per heavy atom. The minimum Gasteiger partial charge on any atom is -0.233 e. The van der Waals surface area contributed by atoms with Gasteiger partial charge in [-0.15, -0.1) is 23.1 Å². The summed E-state index contributed by atoms with van der Waals surface area (Å²) in [5.41, 5.74) is 1.58. The Labute approximate surface area is 122 Å². The van der Waals surface area contributed by atoms with Crippen molar-refractivity contribution in [3.8, 4) is 0 Å². The summed E-state index contributed by atoms with van der Waals surface area (Å²) in [6.45, 7) is 6.69. The highest BCUT2D eigenvalue weighted by Crippen LogP contribution is 2.29. The number of halogens is 1. The van der Waals surface area contributed by atoms with Crippen LogP contribution in [0.15, 0.2) is 35.4 Å². The lowest BCUT2D eigenvalue weighted by Crippen LogP contribution is -2.10. The molecule has 2 aromatic rings. The molecule has 1 heterocycles. The molecule has 0 N–H and O–H groups in total. The average Bonchev–Trinajstić information content (AvgIpc) is 2.72. The van der Waals surface area contributed by atoms with E-state index >= 15 is 0 Å². The molecule has 0 atom stereocenters. The minimum absolute atomic E-state index is 0.217. The van der Waals surface area contributed by atoms with Crippen LogP contribution in [0.5, 0.6) is 0 Å². The Morgan fingerprint density at radius 1 is 1.22 bits per heavy atom. The maximum atomic E-state index is 5.81. The van der Waals surface area contributed by atoms with E-state index in [0.29, 0.717) is 4.47 Å². The zero-order chi connectivity index (χ0) is 13.2. The second-order valence-corrected chi connectivity index (χ2v) is 7.89. The first-order valence-electron chi connectivity index (χ1n) is 5.79. The SMILES string of the molecule is CC(C)(C)c1ccc(SCc2cnc(Cl)s2)cc1. The number of thioether (sulfide) groups is 1. The molecule has 0 amide bonds. The number of nitrogens with zero attached hydrogens (tertiary/aromatic N) is 1. The summed E-state index contributed by atoms with van der Waals surface area (Å²) < 4.78 is 0.619. The summed E-state index contributed by atoms with van der Waals surface area (Å²) in [6.07, 6.45) is 1.85. The molecule has 0 saturated carbocycles. The topological polar surface area (TPSA) is 12.9 Å². The van der Waals surface area contributed by atoms with Gasteiger partial charge in [-0.2, -0.15) is 0 Å². The van der Waals surface area contributed by atoms with Crippen LogP contribution in [0.3, 0.4) is 0 Å². The molecule has 0 bridgehead atoms. The molecule has 0 radical (unpaired) electrons. The maximum absolute atomic E-state index is 5.81. The molecule has 0 unspecified atom stereocenters. The van der Waals surface area contributed by atoms with E-state index in [2.05, 4.69) is 50.0 Å². The van der Waals surface area contributed by atoms with E-state index in [1.807, 2.05) is 18.0 Å². The Morgan fingerprint density at radius 3 is 2.39 bits per heavy atom. The third-order valence-corrected chi connectivity index (χ3v) is 4.99. The lowest BCUT2D eigenvalue weighted by Gasteiger charge is -2.18. The highest BCUT2D eigenvalue weighted by molar-refractivity contribution is 7.98. The van der Waals surface area contributed by atoms with E-state index in [4.69, 9.17) is 11.6 Å². The Kier molecular flexibility index (Phi) is 4.36. The van der Waals surface area contributed by atoms with Crippen molar-refractivity contribution in [2.24, 2.45) is 0 Å². The lowest BCUT2D eigenvalue weighted by molar-refractivity contribution is 0.590. The van der Waals surface area contributed by atoms with Gasteiger partial charge in [0.1, 0.15) is 0 Å². The molecule has 0 aliphatic rings. The van der Waals surface area contributed by atoms with E-state index in [1.165, 1.54) is 15.3 Å². The summed E-state index contributed by atoms with van der Waals surface area (Å²) in [4.78, 5) is 6.54. The highest BCUT2D eigenvalue weighted by atomic mass is 35.5. The third-order valence-electron chi connectivity index (χ3n) is 2.63. The molecule has 1 aromatic heterocycles. The summed E-state index contributed by atoms with van der Waals surface area (Å²) >= 11 is 9.18. The van der Waals surface area contributed by atoms with Crippen LogP contribution in [0.4, 0.5) is 0 Å². The van der Waals surface area contributed by atoms with Crippen molar-refractivity contribution in [2.75, 3.05) is 0 Å². The van der Waals surface area contributed by atoms with E-state index in [1.54, 1.807) is 11.3 Å². The molecule has 0 aliphatic heterocycles. The Bertz CT molecular complexity index is 511. The van der Waals surface area contributed by atoms with Gasteiger partial charge in [-0.1, -0.05) is 44.5 Å². The zero-order valence-corrected chi connectivity index (χ0v) is 13.1. The second-order valence-electron chi connectivity index (χ2n) is 5.14. The standard InChI is InChI=1S/C14H16ClNS2/c1-14(2,3)10-4-6-11(7-5-10)17-9-12-8-16-13(15)18-12/h4-8H,9H2,1-3H3. The highest BCUT2D eigenvalue weighted by Gasteiger charge is 2.12. The van der Waals surface area contributed by atoms with Gasteiger partial charge in [0.25, 0.3) is 0 Å². The molecule has 2 rings (SSSR count). The number of hydrogen-bond acceptors (Lipinski definition) is 3. The molecule has 0 spiro atoms. The fourth-order valence-electron chi connectivity index (χ4n) is 1.56. The van der Waals surface area contributed by atoms with Crippen molar-refractivity contribution in [3.63, 3.8) is 0 Å². The minimum atomic E-state index is 0.217. The van der Waals surface area contributed by atoms with Gasteiger partial charge in [-0.3, -0.25) is 0 Å². The van der Waals surface area contributed by atoms with Crippen molar-refractivity contribution >= 4 is 34.7 Å². The predicted molar refractivity (Wildman–Crippen MR) is 81.8 cm³/mol. The zero-order valence-electron chi connectivity index (χ0n) is 10.7. The number of hydrogen-bond donors (Lipinski definition) is 0. The van der Waals surface area contributed by atoms with Gasteiger partial charge < -0.3 is 0 Å². The lowest BCUT2D eigenvalue weighted by atomic mass is 9.87. The quantitative estimate of drug-likeness (QED) is 0.705. The molecule has 96 valence electrons. The largest absolute Gasteiger partial charge is 0.233 e. The molecule has 0 aliphatic carbocycles. The van der Waals surface area contributed by atoms with Crippen LogP contribution >= 0.6 is 34.7 Å². The van der Waals surface area contributed by atoms with Crippen molar-refractivity contribution in [1.82, 2.24) is 4.98 Å². The first-order valence-corrected chi connectivity index (χ1v) is 7.97. The number of aromatic nitrogens is 1. The second kappa shape index (κ2) is 5.64. The van der Waals surface area contributed by atoms with Crippen LogP contribution < -0.4 is 0 Å². The first kappa shape index (κ1) is 13.9. The van der Waals surface area contributed by atoms with Gasteiger partial charge >= 0.3 is 0 Å². The van der Waals surface area contributed by atoms with Crippen LogP contribution in [0.1, 0.15) is 31.2 Å². The monoisotopic (exact) mass is 297 g/mol. The van der Waals surface area contributed by atoms with Crippen molar-refractivity contribution < 1.29 is 0 Å². The summed E-state index contributed by atoms with van der Waals surface area (Å²) in [6, 6.07) is 8.80. The molecule has 18 heavy (non-hydrogen) atoms. The van der Waals surface area contributed by atoms with Crippen molar-refractivity contribution in [3.05, 3.63) is 45.4 Å². The van der Waals surface area contributed by atoms with Gasteiger partial charge in [-0.25, -0.2) is 4.98 Å². The Hall–Kier alpha value is -0.510. The van der Waals surface area contributed by atoms with E-state index in [-0.39, 0.29) is 5.41 Å². The van der Waals surface area contributed by atoms with Crippen LogP contribution in [0.2, 0.25) is 4.47 Å². The van der Waals surface area contributed by atoms with Crippen molar-refractivity contribution in [1.29, 1.82) is 0 Å². The molecule has 0 fully saturated rings. The summed E-state index contributed by atoms with van der Waals surface area (Å²) in [5.74, 6) is 0.930. The predicted octanol–water partition coefficient (Wildman–Crippen LogP) is 5.39. The van der Waals surface area contributed by atoms with Crippen LogP contribution in [-0.2, 0) is 11.2 Å². The average molecular weight is 298 g/mol. The normalized spacial score (nSPS) is 11.8. The smallest absolute Gasteiger partial charge is 0.183 e.